The highest BCUT2D eigenvalue weighted by Crippen LogP contribution is 2.40. The monoisotopic (exact) mass is 455 g/mol. The van der Waals surface area contributed by atoms with Crippen molar-refractivity contribution in [3.8, 4) is 0 Å². The van der Waals surface area contributed by atoms with Crippen molar-refractivity contribution in [3.05, 3.63) is 29.8 Å². The van der Waals surface area contributed by atoms with Crippen LogP contribution in [0.5, 0.6) is 0 Å². The van der Waals surface area contributed by atoms with Gasteiger partial charge >= 0.3 is 12.1 Å². The molecule has 2 fully saturated rings. The number of carbonyl (C=O) groups is 3. The number of amides is 2. The molecule has 0 bridgehead atoms. The number of fused-ring (bicyclic) bond motifs is 1. The molecular formula is C22H28F3N3O4. The van der Waals surface area contributed by atoms with Crippen LogP contribution in [-0.4, -0.2) is 59.6 Å². The SMILES string of the molecule is NC1CCC(C(=O)N2CC(CCN3CCCC3=O)c3ccccc32)C1.O=C(O)C(F)(F)F. The molecule has 0 radical (unpaired) electrons. The number of nitrogens with two attached hydrogens (primary N) is 1. The van der Waals surface area contributed by atoms with E-state index in [0.29, 0.717) is 12.3 Å². The van der Waals surface area contributed by atoms with Gasteiger partial charge in [0.2, 0.25) is 11.8 Å². The number of hydrogen-bond donors (Lipinski definition) is 2. The van der Waals surface area contributed by atoms with Gasteiger partial charge in [0, 0.05) is 49.6 Å². The van der Waals surface area contributed by atoms with Crippen molar-refractivity contribution in [2.45, 2.75) is 56.7 Å². The Kier molecular flexibility index (Phi) is 7.43. The second-order valence-electron chi connectivity index (χ2n) is 8.55. The molecule has 3 aliphatic rings. The predicted octanol–water partition coefficient (Wildman–Crippen LogP) is 2.89. The van der Waals surface area contributed by atoms with E-state index in [0.717, 1.165) is 57.4 Å². The van der Waals surface area contributed by atoms with E-state index in [1.54, 1.807) is 0 Å². The molecule has 1 saturated carbocycles. The Morgan fingerprint density at radius 1 is 1.19 bits per heavy atom. The molecule has 4 rings (SSSR count). The van der Waals surface area contributed by atoms with Crippen LogP contribution in [-0.2, 0) is 14.4 Å². The second-order valence-corrected chi connectivity index (χ2v) is 8.55. The molecule has 3 atom stereocenters. The van der Waals surface area contributed by atoms with Crippen LogP contribution in [0.15, 0.2) is 24.3 Å². The zero-order valence-electron chi connectivity index (χ0n) is 17.7. The average Bonchev–Trinajstić information content (AvgIpc) is 3.44. The molecule has 0 spiro atoms. The Morgan fingerprint density at radius 3 is 2.44 bits per heavy atom. The minimum absolute atomic E-state index is 0.0713. The van der Waals surface area contributed by atoms with E-state index in [1.165, 1.54) is 5.56 Å². The highest BCUT2D eigenvalue weighted by atomic mass is 19.4. The molecular weight excluding hydrogens is 427 g/mol. The Hall–Kier alpha value is -2.62. The summed E-state index contributed by atoms with van der Waals surface area (Å²) in [6, 6.07) is 8.42. The number of rotatable bonds is 4. The van der Waals surface area contributed by atoms with Crippen molar-refractivity contribution in [1.29, 1.82) is 0 Å². The molecule has 1 aliphatic carbocycles. The number of para-hydroxylation sites is 1. The standard InChI is InChI=1S/C20H27N3O2.C2HF3O2/c21-16-8-7-14(12-16)20(25)23-13-15(17-4-1-2-5-18(17)23)9-11-22-10-3-6-19(22)24;3-2(4,5)1(6)7/h1-2,4-5,14-16H,3,6-13,21H2;(H,6,7). The van der Waals surface area contributed by atoms with E-state index in [9.17, 15) is 22.8 Å². The number of nitrogens with zero attached hydrogens (tertiary/aromatic N) is 2. The van der Waals surface area contributed by atoms with Gasteiger partial charge in [-0.05, 0) is 43.7 Å². The van der Waals surface area contributed by atoms with Gasteiger partial charge in [0.1, 0.15) is 0 Å². The third-order valence-corrected chi connectivity index (χ3v) is 6.32. The average molecular weight is 455 g/mol. The molecule has 10 heteroatoms. The normalized spacial score (nSPS) is 24.9. The maximum absolute atomic E-state index is 13.0. The first-order chi connectivity index (χ1) is 15.1. The fraction of sp³-hybridized carbons (Fsp3) is 0.591. The van der Waals surface area contributed by atoms with Crippen LogP contribution in [0.3, 0.4) is 0 Å². The molecule has 2 amide bonds. The Labute approximate surface area is 184 Å². The number of likely N-dealkylation sites (tertiary alicyclic amines) is 1. The van der Waals surface area contributed by atoms with E-state index in [-0.39, 0.29) is 23.8 Å². The van der Waals surface area contributed by atoms with Crippen LogP contribution in [0, 0.1) is 5.92 Å². The summed E-state index contributed by atoms with van der Waals surface area (Å²) in [7, 11) is 0. The maximum atomic E-state index is 13.0. The summed E-state index contributed by atoms with van der Waals surface area (Å²) >= 11 is 0. The smallest absolute Gasteiger partial charge is 0.475 e. The maximum Gasteiger partial charge on any atom is 0.490 e. The van der Waals surface area contributed by atoms with Crippen LogP contribution in [0.4, 0.5) is 18.9 Å². The zero-order chi connectivity index (χ0) is 23.5. The molecule has 2 aliphatic heterocycles. The summed E-state index contributed by atoms with van der Waals surface area (Å²) in [4.78, 5) is 37.7. The first-order valence-electron chi connectivity index (χ1n) is 10.8. The Balaban J connectivity index is 0.000000360. The first kappa shape index (κ1) is 24.0. The van der Waals surface area contributed by atoms with Crippen molar-refractivity contribution in [1.82, 2.24) is 4.90 Å². The van der Waals surface area contributed by atoms with Crippen LogP contribution < -0.4 is 10.6 Å². The summed E-state index contributed by atoms with van der Waals surface area (Å²) in [6.45, 7) is 2.43. The number of halogens is 3. The van der Waals surface area contributed by atoms with Gasteiger partial charge in [0.25, 0.3) is 0 Å². The lowest BCUT2D eigenvalue weighted by Gasteiger charge is -2.22. The summed E-state index contributed by atoms with van der Waals surface area (Å²) in [6.07, 6.45) is 0.180. The van der Waals surface area contributed by atoms with Crippen molar-refractivity contribution in [2.24, 2.45) is 11.7 Å². The van der Waals surface area contributed by atoms with Gasteiger partial charge < -0.3 is 20.6 Å². The molecule has 1 aromatic carbocycles. The van der Waals surface area contributed by atoms with Gasteiger partial charge in [-0.15, -0.1) is 0 Å². The molecule has 1 saturated heterocycles. The largest absolute Gasteiger partial charge is 0.490 e. The topological polar surface area (TPSA) is 104 Å². The van der Waals surface area contributed by atoms with E-state index in [1.807, 2.05) is 21.9 Å². The number of carboxylic acid groups (broad SMARTS) is 1. The van der Waals surface area contributed by atoms with E-state index in [4.69, 9.17) is 15.6 Å². The van der Waals surface area contributed by atoms with Gasteiger partial charge in [-0.3, -0.25) is 9.59 Å². The van der Waals surface area contributed by atoms with Crippen LogP contribution in [0.1, 0.15) is 50.0 Å². The number of anilines is 1. The third-order valence-electron chi connectivity index (χ3n) is 6.32. The minimum atomic E-state index is -5.08. The number of alkyl halides is 3. The highest BCUT2D eigenvalue weighted by molar-refractivity contribution is 5.97. The summed E-state index contributed by atoms with van der Waals surface area (Å²) in [5.74, 6) is -1.85. The Bertz CT molecular complexity index is 861. The van der Waals surface area contributed by atoms with Gasteiger partial charge in [-0.2, -0.15) is 13.2 Å². The van der Waals surface area contributed by atoms with Crippen molar-refractivity contribution >= 4 is 23.5 Å². The molecule has 3 N–H and O–H groups in total. The molecule has 2 heterocycles. The van der Waals surface area contributed by atoms with Crippen molar-refractivity contribution < 1.29 is 32.7 Å². The number of hydrogen-bond acceptors (Lipinski definition) is 4. The van der Waals surface area contributed by atoms with Crippen molar-refractivity contribution in [3.63, 3.8) is 0 Å². The number of carboxylic acids is 1. The van der Waals surface area contributed by atoms with Crippen LogP contribution >= 0.6 is 0 Å². The lowest BCUT2D eigenvalue weighted by molar-refractivity contribution is -0.192. The van der Waals surface area contributed by atoms with E-state index < -0.39 is 12.1 Å². The Morgan fingerprint density at radius 2 is 1.88 bits per heavy atom. The number of carbonyl (C=O) groups excluding carboxylic acids is 2. The molecule has 7 nitrogen and oxygen atoms in total. The second kappa shape index (κ2) is 9.89. The zero-order valence-corrected chi connectivity index (χ0v) is 17.7. The number of benzene rings is 1. The summed E-state index contributed by atoms with van der Waals surface area (Å²) in [5.41, 5.74) is 8.32. The van der Waals surface area contributed by atoms with Gasteiger partial charge in [-0.1, -0.05) is 18.2 Å². The lowest BCUT2D eigenvalue weighted by atomic mass is 9.98. The van der Waals surface area contributed by atoms with Crippen LogP contribution in [0.25, 0.3) is 0 Å². The first-order valence-corrected chi connectivity index (χ1v) is 10.8. The quantitative estimate of drug-likeness (QED) is 0.727. The van der Waals surface area contributed by atoms with E-state index in [2.05, 4.69) is 12.1 Å². The highest BCUT2D eigenvalue weighted by Gasteiger charge is 2.39. The lowest BCUT2D eigenvalue weighted by Crippen LogP contribution is -2.35. The molecule has 32 heavy (non-hydrogen) atoms. The molecule has 3 unspecified atom stereocenters. The van der Waals surface area contributed by atoms with E-state index >= 15 is 0 Å². The minimum Gasteiger partial charge on any atom is -0.475 e. The fourth-order valence-corrected chi connectivity index (χ4v) is 4.66. The summed E-state index contributed by atoms with van der Waals surface area (Å²) in [5, 5.41) is 7.12. The molecule has 0 aromatic heterocycles. The molecule has 1 aromatic rings. The molecule has 176 valence electrons. The summed E-state index contributed by atoms with van der Waals surface area (Å²) < 4.78 is 31.7. The van der Waals surface area contributed by atoms with Crippen molar-refractivity contribution in [2.75, 3.05) is 24.5 Å². The third kappa shape index (κ3) is 5.59. The van der Waals surface area contributed by atoms with Crippen LogP contribution in [0.2, 0.25) is 0 Å². The van der Waals surface area contributed by atoms with Gasteiger partial charge in [-0.25, -0.2) is 4.79 Å². The van der Waals surface area contributed by atoms with Gasteiger partial charge in [0.05, 0.1) is 0 Å². The van der Waals surface area contributed by atoms with Gasteiger partial charge in [0.15, 0.2) is 0 Å². The predicted molar refractivity (Wildman–Crippen MR) is 111 cm³/mol. The number of aliphatic carboxylic acids is 1. The fourth-order valence-electron chi connectivity index (χ4n) is 4.66.